The molecule has 0 bridgehead atoms. The molecular formula is C13H16F2N2O. The number of carbonyl (C=O) groups excluding carboxylic acids is 1. The summed E-state index contributed by atoms with van der Waals surface area (Å²) in [6, 6.07) is 4.46. The average Bonchev–Trinajstić information content (AvgIpc) is 2.62. The highest BCUT2D eigenvalue weighted by atomic mass is 19.3. The first-order valence-corrected chi connectivity index (χ1v) is 5.88. The summed E-state index contributed by atoms with van der Waals surface area (Å²) in [5.41, 5.74) is 1.40. The van der Waals surface area contributed by atoms with Gasteiger partial charge in [0.25, 0.3) is 5.92 Å². The average molecular weight is 254 g/mol. The fourth-order valence-electron chi connectivity index (χ4n) is 2.12. The van der Waals surface area contributed by atoms with Gasteiger partial charge in [0.15, 0.2) is 0 Å². The second-order valence-corrected chi connectivity index (χ2v) is 4.53. The smallest absolute Gasteiger partial charge is 0.274 e. The van der Waals surface area contributed by atoms with Gasteiger partial charge in [-0.05, 0) is 24.7 Å². The summed E-state index contributed by atoms with van der Waals surface area (Å²) in [5.74, 6) is -2.91. The highest BCUT2D eigenvalue weighted by Crippen LogP contribution is 2.36. The number of alkyl halides is 2. The van der Waals surface area contributed by atoms with Crippen molar-refractivity contribution in [1.29, 1.82) is 0 Å². The van der Waals surface area contributed by atoms with E-state index in [9.17, 15) is 13.6 Å². The van der Waals surface area contributed by atoms with E-state index in [4.69, 9.17) is 0 Å². The maximum atomic E-state index is 13.9. The monoisotopic (exact) mass is 254 g/mol. The van der Waals surface area contributed by atoms with Crippen molar-refractivity contribution in [2.45, 2.75) is 18.8 Å². The van der Waals surface area contributed by atoms with Gasteiger partial charge in [-0.3, -0.25) is 4.79 Å². The molecule has 0 radical (unpaired) electrons. The van der Waals surface area contributed by atoms with Crippen LogP contribution in [0.15, 0.2) is 18.2 Å². The van der Waals surface area contributed by atoms with Crippen LogP contribution in [0.2, 0.25) is 0 Å². The predicted molar refractivity (Wildman–Crippen MR) is 66.0 cm³/mol. The lowest BCUT2D eigenvalue weighted by Gasteiger charge is -2.18. The molecule has 0 unspecified atom stereocenters. The minimum atomic E-state index is -2.86. The Morgan fingerprint density at radius 2 is 2.17 bits per heavy atom. The Morgan fingerprint density at radius 3 is 2.83 bits per heavy atom. The molecule has 1 N–H and O–H groups in total. The van der Waals surface area contributed by atoms with Crippen LogP contribution in [0.3, 0.4) is 0 Å². The van der Waals surface area contributed by atoms with Gasteiger partial charge in [-0.25, -0.2) is 8.78 Å². The Hall–Kier alpha value is -1.49. The number of carbonyl (C=O) groups is 1. The summed E-state index contributed by atoms with van der Waals surface area (Å²) in [6.45, 7) is 0.253. The number of rotatable bonds is 4. The first-order valence-electron chi connectivity index (χ1n) is 5.88. The normalized spacial score (nSPS) is 15.1. The van der Waals surface area contributed by atoms with E-state index in [-0.39, 0.29) is 30.9 Å². The highest BCUT2D eigenvalue weighted by molar-refractivity contribution is 6.00. The fourth-order valence-corrected chi connectivity index (χ4v) is 2.12. The van der Waals surface area contributed by atoms with Crippen LogP contribution in [0.5, 0.6) is 0 Å². The van der Waals surface area contributed by atoms with Gasteiger partial charge in [0.2, 0.25) is 5.91 Å². The van der Waals surface area contributed by atoms with Crippen LogP contribution in [0.25, 0.3) is 0 Å². The third kappa shape index (κ3) is 2.22. The summed E-state index contributed by atoms with van der Waals surface area (Å²) < 4.78 is 27.7. The number of nitrogens with one attached hydrogen (secondary N) is 1. The van der Waals surface area contributed by atoms with E-state index in [1.165, 1.54) is 17.0 Å². The molecule has 1 aliphatic heterocycles. The summed E-state index contributed by atoms with van der Waals surface area (Å²) in [4.78, 5) is 13.0. The third-order valence-electron chi connectivity index (χ3n) is 3.27. The van der Waals surface area contributed by atoms with E-state index in [0.717, 1.165) is 5.69 Å². The summed E-state index contributed by atoms with van der Waals surface area (Å²) in [6.07, 6.45) is -0.0339. The summed E-state index contributed by atoms with van der Waals surface area (Å²) in [7, 11) is 3.30. The fraction of sp³-hybridized carbons (Fsp3) is 0.462. The molecule has 0 spiro atoms. The Bertz CT molecular complexity index is 474. The number of hydrogen-bond donors (Lipinski definition) is 1. The number of fused-ring (bicyclic) bond motifs is 1. The van der Waals surface area contributed by atoms with Gasteiger partial charge < -0.3 is 10.2 Å². The Labute approximate surface area is 105 Å². The van der Waals surface area contributed by atoms with Crippen LogP contribution in [-0.2, 0) is 17.1 Å². The molecule has 1 aromatic carbocycles. The maximum absolute atomic E-state index is 13.9. The van der Waals surface area contributed by atoms with Gasteiger partial charge in [0, 0.05) is 31.3 Å². The van der Waals surface area contributed by atoms with Crippen molar-refractivity contribution < 1.29 is 13.6 Å². The molecular weight excluding hydrogens is 238 g/mol. The van der Waals surface area contributed by atoms with Crippen LogP contribution in [0.4, 0.5) is 14.5 Å². The largest absolute Gasteiger partial charge is 0.320 e. The Balaban J connectivity index is 2.28. The van der Waals surface area contributed by atoms with Gasteiger partial charge in [0.05, 0.1) is 6.42 Å². The van der Waals surface area contributed by atoms with E-state index in [1.54, 1.807) is 20.2 Å². The molecule has 0 fully saturated rings. The van der Waals surface area contributed by atoms with Gasteiger partial charge in [0.1, 0.15) is 0 Å². The molecule has 1 amide bonds. The van der Waals surface area contributed by atoms with Crippen molar-refractivity contribution in [2.24, 2.45) is 0 Å². The number of halogens is 2. The first kappa shape index (κ1) is 13.0. The molecule has 1 heterocycles. The van der Waals surface area contributed by atoms with Crippen molar-refractivity contribution in [2.75, 3.05) is 25.5 Å². The molecule has 1 aromatic rings. The zero-order valence-corrected chi connectivity index (χ0v) is 10.5. The van der Waals surface area contributed by atoms with Gasteiger partial charge in [-0.15, -0.1) is 0 Å². The van der Waals surface area contributed by atoms with E-state index < -0.39 is 5.92 Å². The van der Waals surface area contributed by atoms with Crippen LogP contribution >= 0.6 is 0 Å². The SMILES string of the molecule is CNCCC(F)(F)c1ccc2c(c1)CC(=O)N2C. The zero-order valence-electron chi connectivity index (χ0n) is 10.5. The van der Waals surface area contributed by atoms with Gasteiger partial charge >= 0.3 is 0 Å². The molecule has 98 valence electrons. The standard InChI is InChI=1S/C13H16F2N2O/c1-16-6-5-13(14,15)10-3-4-11-9(7-10)8-12(18)17(11)2/h3-4,7,16H,5-6,8H2,1-2H3. The quantitative estimate of drug-likeness (QED) is 0.890. The lowest BCUT2D eigenvalue weighted by Crippen LogP contribution is -2.21. The van der Waals surface area contributed by atoms with E-state index >= 15 is 0 Å². The van der Waals surface area contributed by atoms with E-state index in [1.807, 2.05) is 0 Å². The predicted octanol–water partition coefficient (Wildman–Crippen LogP) is 1.91. The van der Waals surface area contributed by atoms with Crippen molar-refractivity contribution >= 4 is 11.6 Å². The second kappa shape index (κ2) is 4.65. The molecule has 0 aromatic heterocycles. The number of benzene rings is 1. The Morgan fingerprint density at radius 1 is 1.44 bits per heavy atom. The zero-order chi connectivity index (χ0) is 13.3. The molecule has 1 aliphatic rings. The van der Waals surface area contributed by atoms with Crippen LogP contribution in [0.1, 0.15) is 17.5 Å². The molecule has 0 saturated carbocycles. The topological polar surface area (TPSA) is 32.3 Å². The molecule has 0 saturated heterocycles. The molecule has 3 nitrogen and oxygen atoms in total. The van der Waals surface area contributed by atoms with Crippen LogP contribution < -0.4 is 10.2 Å². The maximum Gasteiger partial charge on any atom is 0.274 e. The second-order valence-electron chi connectivity index (χ2n) is 4.53. The number of nitrogens with zero attached hydrogens (tertiary/aromatic N) is 1. The number of likely N-dealkylation sites (N-methyl/N-ethyl adjacent to an activating group) is 1. The number of anilines is 1. The first-order chi connectivity index (χ1) is 8.45. The molecule has 0 atom stereocenters. The molecule has 18 heavy (non-hydrogen) atoms. The van der Waals surface area contributed by atoms with Crippen LogP contribution in [-0.4, -0.2) is 26.5 Å². The molecule has 5 heteroatoms. The lowest BCUT2D eigenvalue weighted by molar-refractivity contribution is -0.117. The lowest BCUT2D eigenvalue weighted by atomic mass is 10.0. The number of hydrogen-bond acceptors (Lipinski definition) is 2. The molecule has 2 rings (SSSR count). The van der Waals surface area contributed by atoms with Crippen molar-refractivity contribution in [3.63, 3.8) is 0 Å². The van der Waals surface area contributed by atoms with Gasteiger partial charge in [-0.2, -0.15) is 0 Å². The van der Waals surface area contributed by atoms with Crippen molar-refractivity contribution in [3.05, 3.63) is 29.3 Å². The summed E-state index contributed by atoms with van der Waals surface area (Å²) in [5, 5.41) is 2.72. The Kier molecular flexibility index (Phi) is 3.34. The molecule has 0 aliphatic carbocycles. The van der Waals surface area contributed by atoms with Gasteiger partial charge in [-0.1, -0.05) is 6.07 Å². The highest BCUT2D eigenvalue weighted by Gasteiger charge is 2.33. The number of amides is 1. The van der Waals surface area contributed by atoms with E-state index in [0.29, 0.717) is 5.56 Å². The third-order valence-corrected chi connectivity index (χ3v) is 3.27. The van der Waals surface area contributed by atoms with Crippen molar-refractivity contribution in [3.8, 4) is 0 Å². The van der Waals surface area contributed by atoms with Crippen LogP contribution in [0, 0.1) is 0 Å². The summed E-state index contributed by atoms with van der Waals surface area (Å²) >= 11 is 0. The minimum absolute atomic E-state index is 0.0143. The minimum Gasteiger partial charge on any atom is -0.320 e. The van der Waals surface area contributed by atoms with E-state index in [2.05, 4.69) is 5.32 Å². The van der Waals surface area contributed by atoms with Crippen molar-refractivity contribution in [1.82, 2.24) is 5.32 Å².